The zero-order chi connectivity index (χ0) is 52.1. The molecule has 3 heteroatoms. The van der Waals surface area contributed by atoms with E-state index in [1.165, 1.54) is 120 Å². The lowest BCUT2D eigenvalue weighted by molar-refractivity contribution is 0.590. The Balaban J connectivity index is 1.08. The minimum absolute atomic E-state index is 0.0170. The van der Waals surface area contributed by atoms with Crippen LogP contribution in [0.4, 0.5) is 0 Å². The van der Waals surface area contributed by atoms with Gasteiger partial charge in [-0.3, -0.25) is 0 Å². The molecule has 0 atom stereocenters. The second-order valence-corrected chi connectivity index (χ2v) is 25.6. The number of hydrogen-bond acceptors (Lipinski definition) is 0. The van der Waals surface area contributed by atoms with E-state index in [-0.39, 0.29) is 21.7 Å². The van der Waals surface area contributed by atoms with Gasteiger partial charge in [-0.15, -0.1) is 0 Å². The minimum Gasteiger partial charge on any atom is -0.309 e. The van der Waals surface area contributed by atoms with Crippen LogP contribution in [0.1, 0.15) is 105 Å². The maximum Gasteiger partial charge on any atom is 0.0561 e. The lowest BCUT2D eigenvalue weighted by Gasteiger charge is -2.19. The highest BCUT2D eigenvalue weighted by molar-refractivity contribution is 6.15. The molecule has 0 N–H and O–H groups in total. The van der Waals surface area contributed by atoms with E-state index in [9.17, 15) is 0 Å². The highest BCUT2D eigenvalue weighted by atomic mass is 15.0. The standard InChI is InChI=1S/C72H67N3/c1-69(2,3)47-23-33-62-58(38-47)59-39-48(70(4,5)6)24-34-63(59)74(62)52-29-31-56-57-32-30-53(75-64-35-25-49(71(7,8)9)40-60(64)61-41-50(72(10,11)12)26-36-65(61)75)43-67(57)73(66(56)42-52)51-27-21-44(22-28-51)68-54-19-15-13-17-45(54)37-46-18-14-16-20-55(46)68/h13-43H,1-12H3. The fourth-order valence-corrected chi connectivity index (χ4v) is 12.1. The molecule has 0 aliphatic carbocycles. The molecular weight excluding hydrogens is 907 g/mol. The van der Waals surface area contributed by atoms with Gasteiger partial charge in [0.15, 0.2) is 0 Å². The fourth-order valence-electron chi connectivity index (χ4n) is 12.1. The van der Waals surface area contributed by atoms with Crippen molar-refractivity contribution in [2.45, 2.75) is 105 Å². The Hall–Kier alpha value is -7.88. The van der Waals surface area contributed by atoms with Crippen molar-refractivity contribution in [1.29, 1.82) is 0 Å². The van der Waals surface area contributed by atoms with E-state index >= 15 is 0 Å². The van der Waals surface area contributed by atoms with E-state index in [1.807, 2.05) is 0 Å². The summed E-state index contributed by atoms with van der Waals surface area (Å²) in [7, 11) is 0. The van der Waals surface area contributed by atoms with Gasteiger partial charge < -0.3 is 13.7 Å². The topological polar surface area (TPSA) is 14.8 Å². The van der Waals surface area contributed by atoms with Crippen molar-refractivity contribution in [3.8, 4) is 28.2 Å². The number of benzene rings is 10. The molecule has 0 fully saturated rings. The van der Waals surface area contributed by atoms with Crippen LogP contribution in [0.5, 0.6) is 0 Å². The summed E-state index contributed by atoms with van der Waals surface area (Å²) in [6.45, 7) is 27.8. The number of nitrogens with zero attached hydrogens (tertiary/aromatic N) is 3. The Morgan fingerprint density at radius 3 is 0.907 bits per heavy atom. The molecule has 0 unspecified atom stereocenters. The second-order valence-electron chi connectivity index (χ2n) is 25.6. The van der Waals surface area contributed by atoms with E-state index < -0.39 is 0 Å². The van der Waals surface area contributed by atoms with E-state index in [0.29, 0.717) is 0 Å². The summed E-state index contributed by atoms with van der Waals surface area (Å²) in [5, 5.41) is 12.6. The first-order chi connectivity index (χ1) is 35.7. The van der Waals surface area contributed by atoms with Crippen LogP contribution in [0.3, 0.4) is 0 Å². The summed E-state index contributed by atoms with van der Waals surface area (Å²) in [5.41, 5.74) is 18.5. The van der Waals surface area contributed by atoms with Crippen LogP contribution >= 0.6 is 0 Å². The van der Waals surface area contributed by atoms with Gasteiger partial charge in [0.05, 0.1) is 33.1 Å². The molecule has 75 heavy (non-hydrogen) atoms. The third kappa shape index (κ3) is 7.52. The molecule has 13 rings (SSSR count). The molecule has 0 saturated heterocycles. The first kappa shape index (κ1) is 46.9. The smallest absolute Gasteiger partial charge is 0.0561 e. The molecule has 370 valence electrons. The third-order valence-electron chi connectivity index (χ3n) is 16.4. The molecule has 3 heterocycles. The Morgan fingerprint density at radius 1 is 0.240 bits per heavy atom. The summed E-state index contributed by atoms with van der Waals surface area (Å²) < 4.78 is 7.52. The highest BCUT2D eigenvalue weighted by Gasteiger charge is 2.25. The third-order valence-corrected chi connectivity index (χ3v) is 16.4. The monoisotopic (exact) mass is 974 g/mol. The first-order valence-electron chi connectivity index (χ1n) is 27.0. The van der Waals surface area contributed by atoms with Crippen LogP contribution in [0.15, 0.2) is 188 Å². The quantitative estimate of drug-likeness (QED) is 0.156. The number of rotatable bonds is 4. The highest BCUT2D eigenvalue weighted by Crippen LogP contribution is 2.44. The Bertz CT molecular complexity index is 4080. The molecule has 0 radical (unpaired) electrons. The van der Waals surface area contributed by atoms with Crippen molar-refractivity contribution < 1.29 is 0 Å². The van der Waals surface area contributed by atoms with E-state index in [0.717, 1.165) is 17.1 Å². The fraction of sp³-hybridized carbons (Fsp3) is 0.222. The van der Waals surface area contributed by atoms with E-state index in [4.69, 9.17) is 0 Å². The van der Waals surface area contributed by atoms with Gasteiger partial charge in [0.2, 0.25) is 0 Å². The minimum atomic E-state index is 0.0170. The van der Waals surface area contributed by atoms with Gasteiger partial charge in [-0.2, -0.15) is 0 Å². The van der Waals surface area contributed by atoms with Crippen LogP contribution in [-0.2, 0) is 21.7 Å². The van der Waals surface area contributed by atoms with Gasteiger partial charge in [-0.25, -0.2) is 0 Å². The van der Waals surface area contributed by atoms with Gasteiger partial charge >= 0.3 is 0 Å². The van der Waals surface area contributed by atoms with Gasteiger partial charge in [-0.1, -0.05) is 180 Å². The Morgan fingerprint density at radius 2 is 0.560 bits per heavy atom. The molecular formula is C72H67N3. The molecule has 13 aromatic rings. The van der Waals surface area contributed by atoms with Gasteiger partial charge in [0.1, 0.15) is 0 Å². The number of aromatic nitrogens is 3. The van der Waals surface area contributed by atoms with Gasteiger partial charge in [0, 0.05) is 49.4 Å². The largest absolute Gasteiger partial charge is 0.309 e. The van der Waals surface area contributed by atoms with Gasteiger partial charge in [0.25, 0.3) is 0 Å². The van der Waals surface area contributed by atoms with Crippen molar-refractivity contribution >= 4 is 87.0 Å². The summed E-state index contributed by atoms with van der Waals surface area (Å²) in [6, 6.07) is 72.2. The predicted molar refractivity (Wildman–Crippen MR) is 325 cm³/mol. The first-order valence-corrected chi connectivity index (χ1v) is 27.0. The second kappa shape index (κ2) is 16.3. The maximum atomic E-state index is 2.52. The van der Waals surface area contributed by atoms with Crippen molar-refractivity contribution in [2.24, 2.45) is 0 Å². The maximum absolute atomic E-state index is 2.52. The summed E-state index contributed by atoms with van der Waals surface area (Å²) in [6.07, 6.45) is 0. The normalized spacial score (nSPS) is 13.1. The average Bonchev–Trinajstić information content (AvgIpc) is 4.01. The summed E-state index contributed by atoms with van der Waals surface area (Å²) in [4.78, 5) is 0. The molecule has 3 nitrogen and oxygen atoms in total. The molecule has 0 saturated carbocycles. The molecule has 0 amide bonds. The molecule has 3 aromatic heterocycles. The number of hydrogen-bond donors (Lipinski definition) is 0. The summed E-state index contributed by atoms with van der Waals surface area (Å²) in [5.74, 6) is 0. The van der Waals surface area contributed by atoms with Gasteiger partial charge in [-0.05, 0) is 168 Å². The molecule has 0 aliphatic rings. The van der Waals surface area contributed by atoms with Crippen molar-refractivity contribution in [3.63, 3.8) is 0 Å². The zero-order valence-corrected chi connectivity index (χ0v) is 45.7. The molecule has 0 bridgehead atoms. The van der Waals surface area contributed by atoms with Crippen LogP contribution in [0.2, 0.25) is 0 Å². The Kier molecular flexibility index (Phi) is 10.2. The van der Waals surface area contributed by atoms with Crippen LogP contribution in [-0.4, -0.2) is 13.7 Å². The zero-order valence-electron chi connectivity index (χ0n) is 45.7. The number of fused-ring (bicyclic) bond motifs is 11. The van der Waals surface area contributed by atoms with E-state index in [1.54, 1.807) is 0 Å². The van der Waals surface area contributed by atoms with Crippen LogP contribution in [0.25, 0.3) is 115 Å². The molecule has 0 spiro atoms. The lowest BCUT2D eigenvalue weighted by atomic mass is 9.85. The lowest BCUT2D eigenvalue weighted by Crippen LogP contribution is -2.10. The summed E-state index contributed by atoms with van der Waals surface area (Å²) >= 11 is 0. The van der Waals surface area contributed by atoms with Crippen molar-refractivity contribution in [2.75, 3.05) is 0 Å². The van der Waals surface area contributed by atoms with Crippen molar-refractivity contribution in [3.05, 3.63) is 210 Å². The van der Waals surface area contributed by atoms with Crippen LogP contribution < -0.4 is 0 Å². The predicted octanol–water partition coefficient (Wildman–Crippen LogP) is 20.1. The van der Waals surface area contributed by atoms with Crippen molar-refractivity contribution in [1.82, 2.24) is 13.7 Å². The SMILES string of the molecule is CC(C)(C)c1ccc2c(c1)c1cc(C(C)(C)C)ccc1n2-c1ccc2c3ccc(-n4c5ccc(C(C)(C)C)cc5c5cc(C(C)(C)C)ccc54)cc3n(-c3ccc(-c4c5ccccc5cc5ccccc45)cc3)c2c1. The van der Waals surface area contributed by atoms with Crippen LogP contribution in [0, 0.1) is 0 Å². The Labute approximate surface area is 441 Å². The average molecular weight is 974 g/mol. The molecule has 0 aliphatic heterocycles. The molecule has 10 aromatic carbocycles. The van der Waals surface area contributed by atoms with E-state index in [2.05, 4.69) is 285 Å².